The van der Waals surface area contributed by atoms with E-state index in [1.165, 1.54) is 7.11 Å². The summed E-state index contributed by atoms with van der Waals surface area (Å²) in [6, 6.07) is 6.93. The van der Waals surface area contributed by atoms with Crippen LogP contribution in [0.4, 0.5) is 8.78 Å². The van der Waals surface area contributed by atoms with E-state index >= 15 is 0 Å². The number of ether oxygens (including phenoxy) is 2. The molecule has 1 heterocycles. The van der Waals surface area contributed by atoms with Gasteiger partial charge in [-0.25, -0.2) is 8.78 Å². The molecule has 0 saturated carbocycles. The van der Waals surface area contributed by atoms with Crippen molar-refractivity contribution in [1.29, 1.82) is 0 Å². The van der Waals surface area contributed by atoms with Crippen LogP contribution in [0, 0.1) is 0 Å². The molecule has 0 radical (unpaired) electrons. The Kier molecular flexibility index (Phi) is 6.13. The maximum atomic E-state index is 12.8. The monoisotopic (exact) mass is 423 g/mol. The van der Waals surface area contributed by atoms with Crippen LogP contribution in [-0.2, 0) is 9.53 Å². The number of methoxy groups -OCH3 is 1. The highest BCUT2D eigenvalue weighted by Gasteiger charge is 2.31. The lowest BCUT2D eigenvalue weighted by Gasteiger charge is -2.31. The second kappa shape index (κ2) is 7.87. The number of carbonyl (C=O) groups excluding carboxylic acids is 1. The number of rotatable bonds is 6. The summed E-state index contributed by atoms with van der Waals surface area (Å²) < 4.78 is 35.3. The smallest absolute Gasteiger partial charge is 0.256 e. The highest BCUT2D eigenvalue weighted by molar-refractivity contribution is 14.1. The number of hydrogen-bond donors (Lipinski definition) is 0. The van der Waals surface area contributed by atoms with Gasteiger partial charge in [0.05, 0.1) is 10.5 Å². The van der Waals surface area contributed by atoms with Gasteiger partial charge in [-0.2, -0.15) is 0 Å². The van der Waals surface area contributed by atoms with Gasteiger partial charge in [-0.3, -0.25) is 4.79 Å². The fraction of sp³-hybridized carbons (Fsp3) is 0.400. The fourth-order valence-electron chi connectivity index (χ4n) is 2.16. The first-order valence-corrected chi connectivity index (χ1v) is 7.93. The summed E-state index contributed by atoms with van der Waals surface area (Å²) in [7, 11) is 1.52. The van der Waals surface area contributed by atoms with Crippen LogP contribution in [0.3, 0.4) is 0 Å². The van der Waals surface area contributed by atoms with E-state index in [2.05, 4.69) is 0 Å². The average Bonchev–Trinajstić information content (AvgIpc) is 2.50. The molecular formula is C15H16F2INO3. The van der Waals surface area contributed by atoms with Crippen LogP contribution in [0.15, 0.2) is 30.3 Å². The van der Waals surface area contributed by atoms with Crippen LogP contribution in [0.25, 0.3) is 5.70 Å². The van der Waals surface area contributed by atoms with Gasteiger partial charge in [0.15, 0.2) is 6.79 Å². The van der Waals surface area contributed by atoms with Gasteiger partial charge >= 0.3 is 0 Å². The van der Waals surface area contributed by atoms with Crippen molar-refractivity contribution in [1.82, 2.24) is 4.90 Å². The summed E-state index contributed by atoms with van der Waals surface area (Å²) in [5, 5.41) is 0. The van der Waals surface area contributed by atoms with Crippen molar-refractivity contribution in [3.8, 4) is 5.75 Å². The zero-order valence-electron chi connectivity index (χ0n) is 12.0. The molecule has 0 spiro atoms. The highest BCUT2D eigenvalue weighted by atomic mass is 127. The van der Waals surface area contributed by atoms with Crippen LogP contribution >= 0.6 is 22.6 Å². The molecule has 0 fully saturated rings. The Morgan fingerprint density at radius 1 is 1.36 bits per heavy atom. The molecule has 22 heavy (non-hydrogen) atoms. The van der Waals surface area contributed by atoms with Crippen molar-refractivity contribution >= 4 is 34.2 Å². The Morgan fingerprint density at radius 3 is 2.64 bits per heavy atom. The number of allylic oxidation sites excluding steroid dienone is 1. The number of carbonyl (C=O) groups is 1. The molecule has 0 aromatic heterocycles. The van der Waals surface area contributed by atoms with Gasteiger partial charge in [0.1, 0.15) is 5.75 Å². The third kappa shape index (κ3) is 4.16. The van der Waals surface area contributed by atoms with E-state index in [1.807, 2.05) is 28.7 Å². The molecule has 0 N–H and O–H groups in total. The van der Waals surface area contributed by atoms with Crippen LogP contribution in [0.5, 0.6) is 5.75 Å². The molecular weight excluding hydrogens is 407 g/mol. The molecule has 1 unspecified atom stereocenters. The third-order valence-corrected chi connectivity index (χ3v) is 4.20. The van der Waals surface area contributed by atoms with Gasteiger partial charge in [0.25, 0.3) is 6.43 Å². The lowest BCUT2D eigenvalue weighted by Crippen LogP contribution is -2.40. The Labute approximate surface area is 141 Å². The standard InChI is InChI=1S/C15H16F2INO3/c1-21-9-22-11-4-2-10(3-5-11)13-7-6-12(18)15(20)19(13)8-14(16)17/h2-5,7,12,14H,6,8-9H2,1H3. The highest BCUT2D eigenvalue weighted by Crippen LogP contribution is 2.30. The first kappa shape index (κ1) is 17.1. The lowest BCUT2D eigenvalue weighted by atomic mass is 10.0. The van der Waals surface area contributed by atoms with Crippen molar-refractivity contribution < 1.29 is 23.0 Å². The maximum absolute atomic E-state index is 12.8. The molecule has 2 rings (SSSR count). The number of amides is 1. The SMILES string of the molecule is COCOc1ccc(C2=CCC(I)C(=O)N2CC(F)F)cc1. The van der Waals surface area contributed by atoms with Crippen LogP contribution in [0.1, 0.15) is 12.0 Å². The molecule has 4 nitrogen and oxygen atoms in total. The topological polar surface area (TPSA) is 38.8 Å². The van der Waals surface area contributed by atoms with Crippen molar-refractivity contribution in [3.63, 3.8) is 0 Å². The minimum absolute atomic E-state index is 0.133. The average molecular weight is 423 g/mol. The Hall–Kier alpha value is -1.22. The quantitative estimate of drug-likeness (QED) is 0.401. The molecule has 1 aliphatic rings. The first-order chi connectivity index (χ1) is 10.5. The molecule has 0 bridgehead atoms. The summed E-state index contributed by atoms with van der Waals surface area (Å²) in [5.74, 6) is 0.332. The molecule has 0 aliphatic carbocycles. The Morgan fingerprint density at radius 2 is 2.05 bits per heavy atom. The zero-order chi connectivity index (χ0) is 16.1. The van der Waals surface area contributed by atoms with E-state index in [0.29, 0.717) is 23.4 Å². The zero-order valence-corrected chi connectivity index (χ0v) is 14.1. The summed E-state index contributed by atoms with van der Waals surface area (Å²) in [6.45, 7) is -0.458. The van der Waals surface area contributed by atoms with Crippen molar-refractivity contribution in [3.05, 3.63) is 35.9 Å². The first-order valence-electron chi connectivity index (χ1n) is 6.69. The molecule has 0 saturated heterocycles. The molecule has 120 valence electrons. The molecule has 1 aromatic rings. The van der Waals surface area contributed by atoms with Gasteiger partial charge in [0.2, 0.25) is 5.91 Å². The summed E-state index contributed by atoms with van der Waals surface area (Å²) >= 11 is 1.98. The van der Waals surface area contributed by atoms with E-state index < -0.39 is 13.0 Å². The van der Waals surface area contributed by atoms with Gasteiger partial charge in [0, 0.05) is 12.8 Å². The Balaban J connectivity index is 2.22. The maximum Gasteiger partial charge on any atom is 0.256 e. The van der Waals surface area contributed by atoms with Crippen LogP contribution in [0.2, 0.25) is 0 Å². The van der Waals surface area contributed by atoms with Gasteiger partial charge in [-0.1, -0.05) is 28.7 Å². The van der Waals surface area contributed by atoms with Gasteiger partial charge in [-0.15, -0.1) is 0 Å². The second-order valence-electron chi connectivity index (χ2n) is 4.71. The van der Waals surface area contributed by atoms with Crippen molar-refractivity contribution in [2.75, 3.05) is 20.4 Å². The summed E-state index contributed by atoms with van der Waals surface area (Å²) in [6.07, 6.45) is -0.208. The molecule has 1 atom stereocenters. The predicted molar refractivity (Wildman–Crippen MR) is 87.1 cm³/mol. The largest absolute Gasteiger partial charge is 0.468 e. The third-order valence-electron chi connectivity index (χ3n) is 3.16. The fourth-order valence-corrected chi connectivity index (χ4v) is 2.75. The number of alkyl halides is 3. The minimum Gasteiger partial charge on any atom is -0.468 e. The summed E-state index contributed by atoms with van der Waals surface area (Å²) in [5.41, 5.74) is 1.23. The normalized spacial score (nSPS) is 18.6. The van der Waals surface area contributed by atoms with E-state index in [4.69, 9.17) is 9.47 Å². The molecule has 1 amide bonds. The minimum atomic E-state index is -2.57. The van der Waals surface area contributed by atoms with Gasteiger partial charge < -0.3 is 14.4 Å². The van der Waals surface area contributed by atoms with Crippen LogP contribution < -0.4 is 4.74 Å². The van der Waals surface area contributed by atoms with Crippen molar-refractivity contribution in [2.45, 2.75) is 16.8 Å². The number of hydrogen-bond acceptors (Lipinski definition) is 3. The Bertz CT molecular complexity index is 548. The number of nitrogens with zero attached hydrogens (tertiary/aromatic N) is 1. The van der Waals surface area contributed by atoms with E-state index in [-0.39, 0.29) is 16.6 Å². The van der Waals surface area contributed by atoms with Crippen molar-refractivity contribution in [2.24, 2.45) is 0 Å². The molecule has 1 aliphatic heterocycles. The van der Waals surface area contributed by atoms with E-state index in [1.54, 1.807) is 24.3 Å². The summed E-state index contributed by atoms with van der Waals surface area (Å²) in [4.78, 5) is 13.3. The molecule has 7 heteroatoms. The van der Waals surface area contributed by atoms with E-state index in [0.717, 1.165) is 4.90 Å². The second-order valence-corrected chi connectivity index (χ2v) is 6.21. The van der Waals surface area contributed by atoms with Crippen LogP contribution in [-0.4, -0.2) is 41.6 Å². The van der Waals surface area contributed by atoms with E-state index in [9.17, 15) is 13.6 Å². The lowest BCUT2D eigenvalue weighted by molar-refractivity contribution is -0.128. The van der Waals surface area contributed by atoms with Gasteiger partial charge in [-0.05, 0) is 36.2 Å². The predicted octanol–water partition coefficient (Wildman–Crippen LogP) is 3.31. The molecule has 1 aromatic carbocycles. The number of halogens is 3. The number of benzene rings is 1.